The lowest BCUT2D eigenvalue weighted by atomic mass is 10.1. The van der Waals surface area contributed by atoms with E-state index in [1.54, 1.807) is 30.3 Å². The lowest BCUT2D eigenvalue weighted by Crippen LogP contribution is -2.15. The van der Waals surface area contributed by atoms with Crippen LogP contribution in [0.3, 0.4) is 0 Å². The molecule has 0 spiro atoms. The zero-order valence-electron chi connectivity index (χ0n) is 18.4. The van der Waals surface area contributed by atoms with Crippen LogP contribution >= 0.6 is 11.6 Å². The number of hydrogen-bond donors (Lipinski definition) is 0. The molecule has 4 nitrogen and oxygen atoms in total. The minimum Gasteiger partial charge on any atom is -0.462 e. The Hall–Kier alpha value is -2.33. The van der Waals surface area contributed by atoms with E-state index in [-0.39, 0.29) is 17.7 Å². The second kappa shape index (κ2) is 14.6. The molecule has 0 radical (unpaired) electrons. The van der Waals surface area contributed by atoms with Gasteiger partial charge in [-0.15, -0.1) is 0 Å². The van der Waals surface area contributed by atoms with Crippen molar-refractivity contribution in [1.82, 2.24) is 0 Å². The van der Waals surface area contributed by atoms with E-state index < -0.39 is 11.9 Å². The van der Waals surface area contributed by atoms with Gasteiger partial charge >= 0.3 is 11.9 Å². The molecule has 0 amide bonds. The third kappa shape index (κ3) is 9.56. The van der Waals surface area contributed by atoms with E-state index in [2.05, 4.69) is 6.92 Å². The second-order valence-corrected chi connectivity index (χ2v) is 8.11. The molecular formula is C26H33ClO4. The highest BCUT2D eigenvalue weighted by molar-refractivity contribution is 6.30. The Morgan fingerprint density at radius 1 is 0.742 bits per heavy atom. The van der Waals surface area contributed by atoms with E-state index in [1.807, 2.05) is 18.2 Å². The summed E-state index contributed by atoms with van der Waals surface area (Å²) in [6.07, 6.45) is 9.98. The van der Waals surface area contributed by atoms with Gasteiger partial charge in [-0.1, -0.05) is 87.7 Å². The number of ether oxygens (including phenoxy) is 2. The molecule has 0 saturated heterocycles. The summed E-state index contributed by atoms with van der Waals surface area (Å²) in [6, 6.07) is 14.0. The highest BCUT2D eigenvalue weighted by Gasteiger charge is 2.18. The molecule has 0 aromatic heterocycles. The SMILES string of the molecule is CCCCCCCCCCOC(=O)c1ccccc1C(=O)OCCc1cccc(Cl)c1. The third-order valence-electron chi connectivity index (χ3n) is 5.11. The van der Waals surface area contributed by atoms with Crippen molar-refractivity contribution in [2.24, 2.45) is 0 Å². The van der Waals surface area contributed by atoms with Crippen LogP contribution in [-0.4, -0.2) is 25.2 Å². The van der Waals surface area contributed by atoms with Gasteiger partial charge in [0, 0.05) is 11.4 Å². The molecule has 0 atom stereocenters. The van der Waals surface area contributed by atoms with Gasteiger partial charge in [-0.25, -0.2) is 9.59 Å². The summed E-state index contributed by atoms with van der Waals surface area (Å²) in [5.74, 6) is -1.01. The van der Waals surface area contributed by atoms with Crippen molar-refractivity contribution in [1.29, 1.82) is 0 Å². The first-order valence-corrected chi connectivity index (χ1v) is 11.7. The Bertz CT molecular complexity index is 819. The number of unbranched alkanes of at least 4 members (excludes halogenated alkanes) is 7. The van der Waals surface area contributed by atoms with Gasteiger partial charge in [0.2, 0.25) is 0 Å². The molecule has 168 valence electrons. The van der Waals surface area contributed by atoms with Crippen LogP contribution in [0.1, 0.15) is 84.6 Å². The summed E-state index contributed by atoms with van der Waals surface area (Å²) in [4.78, 5) is 25.0. The van der Waals surface area contributed by atoms with E-state index in [1.165, 1.54) is 32.1 Å². The van der Waals surface area contributed by atoms with Crippen LogP contribution in [0.5, 0.6) is 0 Å². The highest BCUT2D eigenvalue weighted by Crippen LogP contribution is 2.15. The summed E-state index contributed by atoms with van der Waals surface area (Å²) in [7, 11) is 0. The van der Waals surface area contributed by atoms with Crippen LogP contribution in [0, 0.1) is 0 Å². The molecule has 0 saturated carbocycles. The number of rotatable bonds is 14. The number of halogens is 1. The monoisotopic (exact) mass is 444 g/mol. The zero-order chi connectivity index (χ0) is 22.3. The van der Waals surface area contributed by atoms with E-state index >= 15 is 0 Å². The van der Waals surface area contributed by atoms with Gasteiger partial charge < -0.3 is 9.47 Å². The molecular weight excluding hydrogens is 412 g/mol. The van der Waals surface area contributed by atoms with Crippen molar-refractivity contribution in [3.05, 3.63) is 70.2 Å². The molecule has 0 heterocycles. The Morgan fingerprint density at radius 3 is 1.94 bits per heavy atom. The molecule has 0 unspecified atom stereocenters. The molecule has 5 heteroatoms. The standard InChI is InChI=1S/C26H33ClO4/c1-2-3-4-5-6-7-8-11-18-30-25(28)23-15-9-10-16-24(23)26(29)31-19-17-21-13-12-14-22(27)20-21/h9-10,12-16,20H,2-8,11,17-19H2,1H3. The molecule has 31 heavy (non-hydrogen) atoms. The number of esters is 2. The predicted octanol–water partition coefficient (Wildman–Crippen LogP) is 7.04. The van der Waals surface area contributed by atoms with Crippen molar-refractivity contribution in [2.45, 2.75) is 64.7 Å². The van der Waals surface area contributed by atoms with Gasteiger partial charge in [-0.3, -0.25) is 0 Å². The van der Waals surface area contributed by atoms with Gasteiger partial charge in [0.25, 0.3) is 0 Å². The smallest absolute Gasteiger partial charge is 0.339 e. The van der Waals surface area contributed by atoms with E-state index in [9.17, 15) is 9.59 Å². The Labute approximate surface area is 190 Å². The topological polar surface area (TPSA) is 52.6 Å². The van der Waals surface area contributed by atoms with E-state index in [4.69, 9.17) is 21.1 Å². The first kappa shape index (κ1) is 24.9. The van der Waals surface area contributed by atoms with Crippen molar-refractivity contribution in [2.75, 3.05) is 13.2 Å². The van der Waals surface area contributed by atoms with E-state index in [0.29, 0.717) is 18.1 Å². The molecule has 0 N–H and O–H groups in total. The molecule has 0 aliphatic rings. The van der Waals surface area contributed by atoms with Crippen molar-refractivity contribution < 1.29 is 19.1 Å². The summed E-state index contributed by atoms with van der Waals surface area (Å²) in [6.45, 7) is 2.79. The molecule has 2 rings (SSSR count). The number of benzene rings is 2. The summed E-state index contributed by atoms with van der Waals surface area (Å²) in [5.41, 5.74) is 1.46. The van der Waals surface area contributed by atoms with Gasteiger partial charge in [0.15, 0.2) is 0 Å². The molecule has 2 aromatic rings. The van der Waals surface area contributed by atoms with Gasteiger partial charge in [0.05, 0.1) is 24.3 Å². The Kier molecular flexibility index (Phi) is 11.8. The average Bonchev–Trinajstić information content (AvgIpc) is 2.78. The average molecular weight is 445 g/mol. The summed E-state index contributed by atoms with van der Waals surface area (Å²) >= 11 is 5.97. The fourth-order valence-electron chi connectivity index (χ4n) is 3.35. The summed E-state index contributed by atoms with van der Waals surface area (Å²) < 4.78 is 10.8. The molecule has 2 aromatic carbocycles. The summed E-state index contributed by atoms with van der Waals surface area (Å²) in [5, 5.41) is 0.647. The van der Waals surface area contributed by atoms with Crippen molar-refractivity contribution in [3.63, 3.8) is 0 Å². The second-order valence-electron chi connectivity index (χ2n) is 7.67. The molecule has 0 aliphatic heterocycles. The largest absolute Gasteiger partial charge is 0.462 e. The van der Waals surface area contributed by atoms with E-state index in [0.717, 1.165) is 24.8 Å². The maximum Gasteiger partial charge on any atom is 0.339 e. The molecule has 0 fully saturated rings. The lowest BCUT2D eigenvalue weighted by molar-refractivity contribution is 0.0455. The first-order valence-electron chi connectivity index (χ1n) is 11.3. The Morgan fingerprint density at radius 2 is 1.32 bits per heavy atom. The lowest BCUT2D eigenvalue weighted by Gasteiger charge is -2.10. The fourth-order valence-corrected chi connectivity index (χ4v) is 3.56. The quantitative estimate of drug-likeness (QED) is 0.231. The zero-order valence-corrected chi connectivity index (χ0v) is 19.2. The minimum atomic E-state index is -0.526. The first-order chi connectivity index (χ1) is 15.1. The van der Waals surface area contributed by atoms with Gasteiger partial charge in [-0.05, 0) is 36.2 Å². The maximum absolute atomic E-state index is 12.5. The predicted molar refractivity (Wildman–Crippen MR) is 125 cm³/mol. The van der Waals surface area contributed by atoms with Gasteiger partial charge in [-0.2, -0.15) is 0 Å². The van der Waals surface area contributed by atoms with Crippen molar-refractivity contribution in [3.8, 4) is 0 Å². The highest BCUT2D eigenvalue weighted by atomic mass is 35.5. The van der Waals surface area contributed by atoms with Crippen LogP contribution in [0.25, 0.3) is 0 Å². The molecule has 0 aliphatic carbocycles. The number of carbonyl (C=O) groups is 2. The number of carbonyl (C=O) groups excluding carboxylic acids is 2. The van der Waals surface area contributed by atoms with Crippen LogP contribution in [0.15, 0.2) is 48.5 Å². The minimum absolute atomic E-state index is 0.209. The third-order valence-corrected chi connectivity index (χ3v) is 5.35. The van der Waals surface area contributed by atoms with Crippen LogP contribution < -0.4 is 0 Å². The maximum atomic E-state index is 12.5. The number of hydrogen-bond acceptors (Lipinski definition) is 4. The van der Waals surface area contributed by atoms with Crippen LogP contribution in [0.2, 0.25) is 5.02 Å². The van der Waals surface area contributed by atoms with Gasteiger partial charge in [0.1, 0.15) is 0 Å². The normalized spacial score (nSPS) is 10.6. The Balaban J connectivity index is 1.74. The van der Waals surface area contributed by atoms with Crippen molar-refractivity contribution >= 4 is 23.5 Å². The van der Waals surface area contributed by atoms with Crippen LogP contribution in [-0.2, 0) is 15.9 Å². The fraction of sp³-hybridized carbons (Fsp3) is 0.462. The molecule has 0 bridgehead atoms. The van der Waals surface area contributed by atoms with Crippen LogP contribution in [0.4, 0.5) is 0 Å².